The summed E-state index contributed by atoms with van der Waals surface area (Å²) in [4.78, 5) is 20.9. The summed E-state index contributed by atoms with van der Waals surface area (Å²) in [5.74, 6) is 0.322. The van der Waals surface area contributed by atoms with Crippen LogP contribution >= 0.6 is 0 Å². The van der Waals surface area contributed by atoms with Gasteiger partial charge < -0.3 is 22.1 Å². The van der Waals surface area contributed by atoms with Crippen molar-refractivity contribution in [3.05, 3.63) is 59.7 Å². The van der Waals surface area contributed by atoms with Crippen molar-refractivity contribution < 1.29 is 0 Å². The molecular formula is C38H56N8. The summed E-state index contributed by atoms with van der Waals surface area (Å²) in [5.41, 5.74) is 20.9. The SMILES string of the molecule is CC1=NCC(Cc2ccc(N)cc2)CN=C(C)C2CCCC(N2)C(C)=NC(CCc2ccc(N)cc2)CN=C(C)C2CCCC1N2. The Morgan fingerprint density at radius 2 is 1.02 bits per heavy atom. The van der Waals surface area contributed by atoms with Gasteiger partial charge in [0.05, 0.1) is 12.6 Å². The Hall–Kier alpha value is -3.36. The molecule has 0 aromatic heterocycles. The number of fused-ring (bicyclic) bond motifs is 4. The van der Waals surface area contributed by atoms with Crippen LogP contribution in [0, 0.1) is 5.92 Å². The molecule has 6 N–H and O–H groups in total. The summed E-state index contributed by atoms with van der Waals surface area (Å²) in [5, 5.41) is 7.82. The first-order valence-electron chi connectivity index (χ1n) is 17.5. The number of nitrogens with zero attached hydrogens (tertiary/aromatic N) is 4. The normalized spacial score (nSPS) is 28.4. The third kappa shape index (κ3) is 9.82. The number of anilines is 2. The molecule has 2 aromatic carbocycles. The van der Waals surface area contributed by atoms with E-state index < -0.39 is 0 Å². The van der Waals surface area contributed by atoms with E-state index in [1.165, 1.54) is 46.8 Å². The van der Waals surface area contributed by atoms with Crippen LogP contribution in [0.5, 0.6) is 0 Å². The van der Waals surface area contributed by atoms with E-state index in [-0.39, 0.29) is 30.2 Å². The highest BCUT2D eigenvalue weighted by atomic mass is 15.0. The molecule has 5 rings (SSSR count). The van der Waals surface area contributed by atoms with Gasteiger partial charge in [-0.3, -0.25) is 20.0 Å². The average molecular weight is 625 g/mol. The van der Waals surface area contributed by atoms with Crippen LogP contribution in [0.25, 0.3) is 0 Å². The molecule has 3 heterocycles. The Bertz CT molecular complexity index is 1390. The minimum Gasteiger partial charge on any atom is -0.399 e. The standard InChI is InChI=1S/C38H56N8/c1-25-35-7-5-8-37(45-35)27(3)43-24-34(20-15-29-11-16-32(39)17-12-29)44-28(4)38-10-6-9-36(46-38)26(2)42-23-31(22-41-25)21-30-13-18-33(40)19-14-30/h11-14,16-19,31,34-38,45-46H,5-10,15,20-24,39-40H2,1-4H3. The van der Waals surface area contributed by atoms with Crippen molar-refractivity contribution in [2.45, 2.75) is 116 Å². The van der Waals surface area contributed by atoms with Crippen LogP contribution in [0.2, 0.25) is 0 Å². The highest BCUT2D eigenvalue weighted by Crippen LogP contribution is 2.21. The maximum Gasteiger partial charge on any atom is 0.0697 e. The van der Waals surface area contributed by atoms with E-state index in [4.69, 9.17) is 31.4 Å². The van der Waals surface area contributed by atoms with Gasteiger partial charge in [0.2, 0.25) is 0 Å². The second-order valence-corrected chi connectivity index (χ2v) is 13.9. The molecule has 2 fully saturated rings. The quantitative estimate of drug-likeness (QED) is 0.310. The fourth-order valence-corrected chi connectivity index (χ4v) is 7.08. The number of nitrogen functional groups attached to an aromatic ring is 2. The van der Waals surface area contributed by atoms with E-state index in [9.17, 15) is 0 Å². The second-order valence-electron chi connectivity index (χ2n) is 13.9. The molecule has 0 saturated carbocycles. The van der Waals surface area contributed by atoms with Crippen LogP contribution in [0.15, 0.2) is 68.5 Å². The Morgan fingerprint density at radius 1 is 0.587 bits per heavy atom. The van der Waals surface area contributed by atoms with E-state index in [2.05, 4.69) is 62.6 Å². The third-order valence-electron chi connectivity index (χ3n) is 10.2. The van der Waals surface area contributed by atoms with Crippen molar-refractivity contribution in [1.29, 1.82) is 0 Å². The zero-order valence-corrected chi connectivity index (χ0v) is 28.5. The smallest absolute Gasteiger partial charge is 0.0697 e. The molecule has 2 aromatic rings. The van der Waals surface area contributed by atoms with Crippen LogP contribution in [0.3, 0.4) is 0 Å². The van der Waals surface area contributed by atoms with Crippen LogP contribution in [-0.2, 0) is 12.8 Å². The first kappa shape index (κ1) is 34.0. The van der Waals surface area contributed by atoms with Gasteiger partial charge in [0.25, 0.3) is 0 Å². The lowest BCUT2D eigenvalue weighted by Gasteiger charge is -2.32. The monoisotopic (exact) mass is 624 g/mol. The summed E-state index contributed by atoms with van der Waals surface area (Å²) in [6.45, 7) is 11.0. The van der Waals surface area contributed by atoms with Crippen molar-refractivity contribution in [3.8, 4) is 0 Å². The molecule has 0 amide bonds. The fourth-order valence-electron chi connectivity index (χ4n) is 7.08. The Kier molecular flexibility index (Phi) is 12.2. The van der Waals surface area contributed by atoms with Gasteiger partial charge in [-0.1, -0.05) is 24.3 Å². The zero-order chi connectivity index (χ0) is 32.5. The predicted octanol–water partition coefficient (Wildman–Crippen LogP) is 5.89. The van der Waals surface area contributed by atoms with Crippen LogP contribution in [0.1, 0.15) is 83.8 Å². The molecule has 0 aliphatic carbocycles. The molecule has 2 saturated heterocycles. The highest BCUT2D eigenvalue weighted by molar-refractivity contribution is 5.92. The minimum atomic E-state index is 0.128. The van der Waals surface area contributed by atoms with E-state index in [1.54, 1.807) is 0 Å². The number of piperidine rings is 2. The topological polar surface area (TPSA) is 126 Å². The lowest BCUT2D eigenvalue weighted by atomic mass is 9.93. The minimum absolute atomic E-state index is 0.128. The predicted molar refractivity (Wildman–Crippen MR) is 197 cm³/mol. The van der Waals surface area contributed by atoms with Gasteiger partial charge >= 0.3 is 0 Å². The number of aryl methyl sites for hydroxylation is 1. The van der Waals surface area contributed by atoms with E-state index in [0.717, 1.165) is 69.4 Å². The van der Waals surface area contributed by atoms with Gasteiger partial charge in [0.1, 0.15) is 0 Å². The zero-order valence-electron chi connectivity index (χ0n) is 28.5. The maximum absolute atomic E-state index is 5.98. The molecule has 0 spiro atoms. The Labute approximate surface area is 276 Å². The van der Waals surface area contributed by atoms with Gasteiger partial charge in [0, 0.05) is 77.4 Å². The van der Waals surface area contributed by atoms with Crippen molar-refractivity contribution in [1.82, 2.24) is 10.6 Å². The summed E-state index contributed by atoms with van der Waals surface area (Å²) < 4.78 is 0. The molecule has 3 aliphatic rings. The Balaban J connectivity index is 1.40. The molecule has 6 unspecified atom stereocenters. The molecule has 4 bridgehead atoms. The Morgan fingerprint density at radius 3 is 1.52 bits per heavy atom. The van der Waals surface area contributed by atoms with Crippen molar-refractivity contribution >= 4 is 34.2 Å². The van der Waals surface area contributed by atoms with Gasteiger partial charge in [-0.2, -0.15) is 0 Å². The van der Waals surface area contributed by atoms with Gasteiger partial charge in [-0.25, -0.2) is 0 Å². The number of benzene rings is 2. The summed E-state index contributed by atoms with van der Waals surface area (Å²) in [6, 6.07) is 17.7. The number of nitrogens with two attached hydrogens (primary N) is 2. The molecule has 0 radical (unpaired) electrons. The molecule has 46 heavy (non-hydrogen) atoms. The van der Waals surface area contributed by atoms with Gasteiger partial charge in [0.15, 0.2) is 0 Å². The van der Waals surface area contributed by atoms with Crippen LogP contribution in [0.4, 0.5) is 11.4 Å². The van der Waals surface area contributed by atoms with Crippen molar-refractivity contribution in [2.24, 2.45) is 25.9 Å². The van der Waals surface area contributed by atoms with E-state index >= 15 is 0 Å². The number of nitrogens with one attached hydrogen (secondary N) is 2. The summed E-state index contributed by atoms with van der Waals surface area (Å²) in [6.07, 6.45) is 9.63. The molecule has 6 atom stereocenters. The van der Waals surface area contributed by atoms with Crippen LogP contribution in [-0.4, -0.2) is 72.7 Å². The molecule has 8 heteroatoms. The molecule has 3 aliphatic heterocycles. The molecule has 248 valence electrons. The fraction of sp³-hybridized carbons (Fsp3) is 0.579. The first-order chi connectivity index (χ1) is 22.2. The number of hydrogen-bond donors (Lipinski definition) is 4. The van der Waals surface area contributed by atoms with Crippen molar-refractivity contribution in [2.75, 3.05) is 31.1 Å². The summed E-state index contributed by atoms with van der Waals surface area (Å²) >= 11 is 0. The number of hydrogen-bond acceptors (Lipinski definition) is 8. The number of aliphatic imine (C=N–C) groups is 4. The number of rotatable bonds is 5. The van der Waals surface area contributed by atoms with E-state index in [1.807, 2.05) is 24.3 Å². The highest BCUT2D eigenvalue weighted by Gasteiger charge is 2.27. The lowest BCUT2D eigenvalue weighted by Crippen LogP contribution is -2.49. The van der Waals surface area contributed by atoms with Crippen molar-refractivity contribution in [3.63, 3.8) is 0 Å². The molecule has 8 nitrogen and oxygen atoms in total. The molecular weight excluding hydrogens is 568 g/mol. The van der Waals surface area contributed by atoms with E-state index in [0.29, 0.717) is 12.5 Å². The largest absolute Gasteiger partial charge is 0.399 e. The van der Waals surface area contributed by atoms with Gasteiger partial charge in [-0.15, -0.1) is 0 Å². The second kappa shape index (κ2) is 16.5. The lowest BCUT2D eigenvalue weighted by molar-refractivity contribution is 0.423. The third-order valence-corrected chi connectivity index (χ3v) is 10.2. The van der Waals surface area contributed by atoms with Gasteiger partial charge in [-0.05, 0) is 121 Å². The first-order valence-corrected chi connectivity index (χ1v) is 17.5. The maximum atomic E-state index is 5.98. The van der Waals surface area contributed by atoms with Crippen LogP contribution < -0.4 is 22.1 Å². The average Bonchev–Trinajstić information content (AvgIpc) is 3.08. The summed E-state index contributed by atoms with van der Waals surface area (Å²) in [7, 11) is 0.